The minimum atomic E-state index is -0.679. The number of amides is 1. The van der Waals surface area contributed by atoms with Gasteiger partial charge in [0.15, 0.2) is 12.3 Å². The number of aromatic nitrogens is 2. The number of carbonyl (C=O) groups excluding carboxylic acids is 2. The van der Waals surface area contributed by atoms with E-state index in [1.54, 1.807) is 6.92 Å². The molecular formula is C22H21N3O3. The van der Waals surface area contributed by atoms with Crippen LogP contribution < -0.4 is 5.32 Å². The van der Waals surface area contributed by atoms with E-state index in [1.807, 2.05) is 60.7 Å². The lowest BCUT2D eigenvalue weighted by atomic mass is 9.99. The van der Waals surface area contributed by atoms with E-state index in [2.05, 4.69) is 15.3 Å². The molecular weight excluding hydrogens is 354 g/mol. The summed E-state index contributed by atoms with van der Waals surface area (Å²) in [5, 5.41) is 2.95. The Hall–Kier alpha value is -3.54. The Labute approximate surface area is 163 Å². The van der Waals surface area contributed by atoms with Crippen molar-refractivity contribution in [2.75, 3.05) is 6.61 Å². The van der Waals surface area contributed by atoms with Crippen LogP contribution in [0.2, 0.25) is 0 Å². The molecule has 0 aliphatic rings. The van der Waals surface area contributed by atoms with Gasteiger partial charge in [-0.2, -0.15) is 0 Å². The predicted molar refractivity (Wildman–Crippen MR) is 105 cm³/mol. The quantitative estimate of drug-likeness (QED) is 0.642. The van der Waals surface area contributed by atoms with Crippen molar-refractivity contribution in [3.63, 3.8) is 0 Å². The first-order chi connectivity index (χ1) is 13.6. The summed E-state index contributed by atoms with van der Waals surface area (Å²) in [5.41, 5.74) is 2.85. The molecule has 0 aliphatic heterocycles. The highest BCUT2D eigenvalue weighted by Crippen LogP contribution is 2.18. The fourth-order valence-electron chi connectivity index (χ4n) is 2.73. The lowest BCUT2D eigenvalue weighted by molar-refractivity contribution is -0.125. The van der Waals surface area contributed by atoms with Gasteiger partial charge in [0, 0.05) is 6.20 Å². The molecule has 0 fully saturated rings. The summed E-state index contributed by atoms with van der Waals surface area (Å²) in [6.07, 6.45) is 3.44. The topological polar surface area (TPSA) is 81.2 Å². The Kier molecular flexibility index (Phi) is 6.46. The Morgan fingerprint density at radius 3 is 2.29 bits per heavy atom. The molecule has 0 spiro atoms. The van der Waals surface area contributed by atoms with E-state index in [0.29, 0.717) is 12.1 Å². The van der Waals surface area contributed by atoms with Crippen LogP contribution in [0.1, 0.15) is 33.4 Å². The Morgan fingerprint density at radius 2 is 1.64 bits per heavy atom. The minimum Gasteiger partial charge on any atom is -0.451 e. The van der Waals surface area contributed by atoms with Crippen LogP contribution >= 0.6 is 0 Å². The number of esters is 1. The second kappa shape index (κ2) is 9.41. The predicted octanol–water partition coefficient (Wildman–Crippen LogP) is 3.04. The highest BCUT2D eigenvalue weighted by molar-refractivity contribution is 5.89. The van der Waals surface area contributed by atoms with Gasteiger partial charge in [0.2, 0.25) is 0 Å². The number of nitrogens with zero attached hydrogens (tertiary/aromatic N) is 2. The fourth-order valence-corrected chi connectivity index (χ4v) is 2.73. The largest absolute Gasteiger partial charge is 0.451 e. The monoisotopic (exact) mass is 375 g/mol. The van der Waals surface area contributed by atoms with Gasteiger partial charge in [-0.15, -0.1) is 0 Å². The summed E-state index contributed by atoms with van der Waals surface area (Å²) in [6.45, 7) is 1.39. The Bertz CT molecular complexity index is 913. The number of hydrogen-bond donors (Lipinski definition) is 1. The summed E-state index contributed by atoms with van der Waals surface area (Å²) in [5.74, 6) is -1.06. The SMILES string of the molecule is Cc1cnc(C(=O)OCC(=O)NC(Cc2ccccc2)c2ccccc2)cn1. The zero-order chi connectivity index (χ0) is 19.8. The second-order valence-electron chi connectivity index (χ2n) is 6.34. The smallest absolute Gasteiger partial charge is 0.359 e. The molecule has 2 aromatic carbocycles. The van der Waals surface area contributed by atoms with Crippen LogP contribution in [0.25, 0.3) is 0 Å². The first-order valence-corrected chi connectivity index (χ1v) is 8.96. The lowest BCUT2D eigenvalue weighted by Gasteiger charge is -2.19. The molecule has 3 aromatic rings. The molecule has 142 valence electrons. The maximum absolute atomic E-state index is 12.4. The molecule has 1 atom stereocenters. The summed E-state index contributed by atoms with van der Waals surface area (Å²) < 4.78 is 5.06. The van der Waals surface area contributed by atoms with Crippen LogP contribution in [0.5, 0.6) is 0 Å². The highest BCUT2D eigenvalue weighted by atomic mass is 16.5. The normalized spacial score (nSPS) is 11.5. The molecule has 0 bridgehead atoms. The van der Waals surface area contributed by atoms with Crippen molar-refractivity contribution in [1.29, 1.82) is 0 Å². The minimum absolute atomic E-state index is 0.0716. The van der Waals surface area contributed by atoms with Crippen molar-refractivity contribution in [1.82, 2.24) is 15.3 Å². The van der Waals surface area contributed by atoms with Crippen LogP contribution in [0.3, 0.4) is 0 Å². The van der Waals surface area contributed by atoms with Crippen molar-refractivity contribution in [3.05, 3.63) is 95.6 Å². The molecule has 1 heterocycles. The zero-order valence-corrected chi connectivity index (χ0v) is 15.5. The average Bonchev–Trinajstić information content (AvgIpc) is 2.73. The number of hydrogen-bond acceptors (Lipinski definition) is 5. The highest BCUT2D eigenvalue weighted by Gasteiger charge is 2.17. The molecule has 6 heteroatoms. The second-order valence-corrected chi connectivity index (χ2v) is 6.34. The van der Waals surface area contributed by atoms with Crippen molar-refractivity contribution in [2.45, 2.75) is 19.4 Å². The molecule has 6 nitrogen and oxygen atoms in total. The first-order valence-electron chi connectivity index (χ1n) is 8.96. The van der Waals surface area contributed by atoms with Gasteiger partial charge in [-0.25, -0.2) is 9.78 Å². The van der Waals surface area contributed by atoms with Crippen LogP contribution in [0.4, 0.5) is 0 Å². The summed E-state index contributed by atoms with van der Waals surface area (Å²) in [7, 11) is 0. The van der Waals surface area contributed by atoms with E-state index in [1.165, 1.54) is 12.4 Å². The Balaban J connectivity index is 1.62. The van der Waals surface area contributed by atoms with E-state index in [0.717, 1.165) is 11.1 Å². The van der Waals surface area contributed by atoms with Crippen molar-refractivity contribution < 1.29 is 14.3 Å². The number of rotatable bonds is 7. The number of carbonyl (C=O) groups is 2. The van der Waals surface area contributed by atoms with Gasteiger partial charge in [-0.05, 0) is 24.5 Å². The van der Waals surface area contributed by atoms with Gasteiger partial charge in [-0.1, -0.05) is 60.7 Å². The molecule has 0 radical (unpaired) electrons. The molecule has 28 heavy (non-hydrogen) atoms. The van der Waals surface area contributed by atoms with Crippen LogP contribution in [0, 0.1) is 6.92 Å². The van der Waals surface area contributed by atoms with Gasteiger partial charge in [0.05, 0.1) is 17.9 Å². The third-order valence-corrected chi connectivity index (χ3v) is 4.14. The molecule has 1 N–H and O–H groups in total. The van der Waals surface area contributed by atoms with Gasteiger partial charge in [0.1, 0.15) is 0 Å². The van der Waals surface area contributed by atoms with Crippen molar-refractivity contribution >= 4 is 11.9 Å². The van der Waals surface area contributed by atoms with Crippen molar-refractivity contribution in [2.24, 2.45) is 0 Å². The molecule has 0 aliphatic carbocycles. The van der Waals surface area contributed by atoms with E-state index >= 15 is 0 Å². The number of nitrogens with one attached hydrogen (secondary N) is 1. The van der Waals surface area contributed by atoms with Crippen LogP contribution in [-0.2, 0) is 16.0 Å². The maximum atomic E-state index is 12.4. The number of ether oxygens (including phenoxy) is 1. The molecule has 1 unspecified atom stereocenters. The summed E-state index contributed by atoms with van der Waals surface area (Å²) in [4.78, 5) is 32.3. The summed E-state index contributed by atoms with van der Waals surface area (Å²) in [6, 6.07) is 19.4. The number of benzene rings is 2. The third-order valence-electron chi connectivity index (χ3n) is 4.14. The van der Waals surface area contributed by atoms with Crippen molar-refractivity contribution in [3.8, 4) is 0 Å². The van der Waals surface area contributed by atoms with Gasteiger partial charge in [0.25, 0.3) is 5.91 Å². The van der Waals surface area contributed by atoms with Crippen LogP contribution in [-0.4, -0.2) is 28.5 Å². The standard InChI is InChI=1S/C22H21N3O3/c1-16-13-24-20(14-23-16)22(27)28-15-21(26)25-19(18-10-6-3-7-11-18)12-17-8-4-2-5-9-17/h2-11,13-14,19H,12,15H2,1H3,(H,25,26). The molecule has 1 amide bonds. The van der Waals surface area contributed by atoms with Gasteiger partial charge < -0.3 is 10.1 Å². The van der Waals surface area contributed by atoms with E-state index < -0.39 is 5.97 Å². The molecule has 0 saturated heterocycles. The number of aryl methyl sites for hydroxylation is 1. The van der Waals surface area contributed by atoms with Gasteiger partial charge in [-0.3, -0.25) is 9.78 Å². The molecule has 3 rings (SSSR count). The molecule has 1 aromatic heterocycles. The van der Waals surface area contributed by atoms with Gasteiger partial charge >= 0.3 is 5.97 Å². The maximum Gasteiger partial charge on any atom is 0.359 e. The first kappa shape index (κ1) is 19.2. The van der Waals surface area contributed by atoms with E-state index in [9.17, 15) is 9.59 Å². The van der Waals surface area contributed by atoms with E-state index in [-0.39, 0.29) is 24.2 Å². The Morgan fingerprint density at radius 1 is 0.964 bits per heavy atom. The fraction of sp³-hybridized carbons (Fsp3) is 0.182. The summed E-state index contributed by atoms with van der Waals surface area (Å²) >= 11 is 0. The zero-order valence-electron chi connectivity index (χ0n) is 15.5. The van der Waals surface area contributed by atoms with E-state index in [4.69, 9.17) is 4.74 Å². The lowest BCUT2D eigenvalue weighted by Crippen LogP contribution is -2.33. The van der Waals surface area contributed by atoms with Crippen LogP contribution in [0.15, 0.2) is 73.1 Å². The molecule has 0 saturated carbocycles. The third kappa shape index (κ3) is 5.48. The average molecular weight is 375 g/mol.